The van der Waals surface area contributed by atoms with Gasteiger partial charge < -0.3 is 19.1 Å². The number of halogens is 2. The molecule has 0 radical (unpaired) electrons. The van der Waals surface area contributed by atoms with Crippen molar-refractivity contribution in [2.75, 3.05) is 39.8 Å². The summed E-state index contributed by atoms with van der Waals surface area (Å²) < 4.78 is 19.5. The highest BCUT2D eigenvalue weighted by molar-refractivity contribution is 6.35. The molecule has 2 unspecified atom stereocenters. The number of benzene rings is 3. The van der Waals surface area contributed by atoms with Crippen LogP contribution in [0.3, 0.4) is 0 Å². The van der Waals surface area contributed by atoms with E-state index in [0.717, 1.165) is 84.9 Å². The Bertz CT molecular complexity index is 1850. The zero-order valence-electron chi connectivity index (χ0n) is 28.7. The van der Waals surface area contributed by atoms with E-state index in [-0.39, 0.29) is 12.7 Å². The van der Waals surface area contributed by atoms with Crippen LogP contribution in [0, 0.1) is 17.2 Å². The van der Waals surface area contributed by atoms with Crippen molar-refractivity contribution in [2.24, 2.45) is 5.92 Å². The SMILES string of the molecule is CN1CCCC(COc2cccc(-c3cccc4c3CCC4Oc3cc(OCc4cncc(C#N)c4)c(CN4CCCCC4)cc3Cl)c2Cl)C1. The van der Waals surface area contributed by atoms with Crippen LogP contribution in [-0.4, -0.2) is 54.6 Å². The molecule has 260 valence electrons. The highest BCUT2D eigenvalue weighted by atomic mass is 35.5. The summed E-state index contributed by atoms with van der Waals surface area (Å²) in [7, 11) is 2.18. The molecule has 7 rings (SSSR count). The van der Waals surface area contributed by atoms with Crippen molar-refractivity contribution in [3.63, 3.8) is 0 Å². The van der Waals surface area contributed by atoms with Gasteiger partial charge in [-0.2, -0.15) is 5.26 Å². The van der Waals surface area contributed by atoms with Crippen molar-refractivity contribution in [1.29, 1.82) is 5.26 Å². The molecule has 2 aliphatic heterocycles. The lowest BCUT2D eigenvalue weighted by Crippen LogP contribution is -2.34. The molecule has 2 saturated heterocycles. The molecule has 0 spiro atoms. The Morgan fingerprint density at radius 3 is 2.56 bits per heavy atom. The Labute approximate surface area is 305 Å². The molecule has 7 nitrogen and oxygen atoms in total. The minimum atomic E-state index is -0.166. The number of piperidine rings is 2. The standard InChI is InChI=1S/C41H44Cl2N4O3/c1-46-15-7-8-28(24-46)26-48-38-12-6-11-35(41(38)43)32-9-5-10-34-33(32)13-14-37(34)50-40-20-39(49-27-30-18-29(21-44)22-45-23-30)31(19-36(40)42)25-47-16-3-2-4-17-47/h5-6,9-12,18-20,22-23,28,37H,2-4,7-8,13-17,24-27H2,1H3. The Morgan fingerprint density at radius 1 is 0.880 bits per heavy atom. The average molecular weight is 712 g/mol. The smallest absolute Gasteiger partial charge is 0.142 e. The highest BCUT2D eigenvalue weighted by Crippen LogP contribution is 2.45. The van der Waals surface area contributed by atoms with Crippen LogP contribution in [0.5, 0.6) is 17.2 Å². The summed E-state index contributed by atoms with van der Waals surface area (Å²) >= 11 is 14.0. The predicted molar refractivity (Wildman–Crippen MR) is 198 cm³/mol. The third-order valence-electron chi connectivity index (χ3n) is 10.2. The van der Waals surface area contributed by atoms with Crippen LogP contribution < -0.4 is 14.2 Å². The monoisotopic (exact) mass is 710 g/mol. The molecule has 3 heterocycles. The number of likely N-dealkylation sites (tertiary alicyclic amines) is 2. The molecular weight excluding hydrogens is 667 g/mol. The molecule has 2 fully saturated rings. The Balaban J connectivity index is 1.11. The highest BCUT2D eigenvalue weighted by Gasteiger charge is 2.29. The van der Waals surface area contributed by atoms with Crippen molar-refractivity contribution in [3.05, 3.63) is 105 Å². The number of pyridine rings is 1. The molecule has 1 aliphatic carbocycles. The molecule has 50 heavy (non-hydrogen) atoms. The molecule has 2 atom stereocenters. The van der Waals surface area contributed by atoms with Gasteiger partial charge in [0.05, 0.1) is 22.2 Å². The minimum absolute atomic E-state index is 0.166. The van der Waals surface area contributed by atoms with Crippen molar-refractivity contribution in [1.82, 2.24) is 14.8 Å². The zero-order chi connectivity index (χ0) is 34.5. The van der Waals surface area contributed by atoms with E-state index in [1.807, 2.05) is 24.3 Å². The van der Waals surface area contributed by atoms with E-state index in [0.29, 0.717) is 33.9 Å². The molecule has 1 aromatic heterocycles. The molecule has 0 N–H and O–H groups in total. The van der Waals surface area contributed by atoms with Crippen LogP contribution in [-0.2, 0) is 19.6 Å². The third-order valence-corrected chi connectivity index (χ3v) is 10.9. The molecule has 3 aliphatic rings. The van der Waals surface area contributed by atoms with E-state index in [9.17, 15) is 5.26 Å². The number of hydrogen-bond acceptors (Lipinski definition) is 7. The number of rotatable bonds is 11. The predicted octanol–water partition coefficient (Wildman–Crippen LogP) is 9.28. The van der Waals surface area contributed by atoms with E-state index in [1.165, 1.54) is 37.7 Å². The first-order valence-electron chi connectivity index (χ1n) is 17.9. The second-order valence-electron chi connectivity index (χ2n) is 13.9. The summed E-state index contributed by atoms with van der Waals surface area (Å²) in [6.45, 7) is 6.03. The van der Waals surface area contributed by atoms with Crippen LogP contribution in [0.15, 0.2) is 67.0 Å². The van der Waals surface area contributed by atoms with E-state index in [2.05, 4.69) is 52.2 Å². The van der Waals surface area contributed by atoms with Crippen molar-refractivity contribution >= 4 is 23.2 Å². The second-order valence-corrected chi connectivity index (χ2v) is 14.7. The van der Waals surface area contributed by atoms with Gasteiger partial charge in [0.1, 0.15) is 36.0 Å². The van der Waals surface area contributed by atoms with Gasteiger partial charge in [0.2, 0.25) is 0 Å². The van der Waals surface area contributed by atoms with Gasteiger partial charge in [-0.05, 0) is 100 Å². The average Bonchev–Trinajstić information content (AvgIpc) is 3.55. The van der Waals surface area contributed by atoms with Gasteiger partial charge in [0.25, 0.3) is 0 Å². The van der Waals surface area contributed by atoms with Crippen LogP contribution in [0.25, 0.3) is 11.1 Å². The maximum Gasteiger partial charge on any atom is 0.142 e. The summed E-state index contributed by atoms with van der Waals surface area (Å²) in [6.07, 6.45) is 10.9. The molecule has 0 saturated carbocycles. The van der Waals surface area contributed by atoms with E-state index < -0.39 is 0 Å². The molecular formula is C41H44Cl2N4O3. The second kappa shape index (κ2) is 16.0. The Kier molecular flexibility index (Phi) is 11.1. The van der Waals surface area contributed by atoms with Gasteiger partial charge in [-0.15, -0.1) is 0 Å². The first-order valence-corrected chi connectivity index (χ1v) is 18.6. The Hall–Kier alpha value is -3.80. The molecule has 4 aromatic rings. The van der Waals surface area contributed by atoms with E-state index in [1.54, 1.807) is 18.5 Å². The van der Waals surface area contributed by atoms with Gasteiger partial charge in [0.15, 0.2) is 0 Å². The molecule has 0 amide bonds. The summed E-state index contributed by atoms with van der Waals surface area (Å²) in [5.74, 6) is 2.57. The number of nitrogens with zero attached hydrogens (tertiary/aromatic N) is 4. The summed E-state index contributed by atoms with van der Waals surface area (Å²) in [5.41, 5.74) is 6.84. The van der Waals surface area contributed by atoms with Crippen molar-refractivity contribution < 1.29 is 14.2 Å². The van der Waals surface area contributed by atoms with Crippen LogP contribution in [0.2, 0.25) is 10.0 Å². The number of nitriles is 1. The Morgan fingerprint density at radius 2 is 1.72 bits per heavy atom. The molecule has 0 bridgehead atoms. The van der Waals surface area contributed by atoms with Gasteiger partial charge in [0, 0.05) is 54.2 Å². The van der Waals surface area contributed by atoms with Crippen molar-refractivity contribution in [2.45, 2.75) is 64.2 Å². The third kappa shape index (κ3) is 8.05. The van der Waals surface area contributed by atoms with E-state index in [4.69, 9.17) is 37.4 Å². The number of ether oxygens (including phenoxy) is 3. The molecule has 3 aromatic carbocycles. The number of fused-ring (bicyclic) bond motifs is 1. The maximum atomic E-state index is 9.35. The number of hydrogen-bond donors (Lipinski definition) is 0. The van der Waals surface area contributed by atoms with Gasteiger partial charge >= 0.3 is 0 Å². The number of aromatic nitrogens is 1. The fourth-order valence-electron chi connectivity index (χ4n) is 7.66. The fourth-order valence-corrected chi connectivity index (χ4v) is 8.18. The van der Waals surface area contributed by atoms with Crippen LogP contribution in [0.1, 0.15) is 72.4 Å². The summed E-state index contributed by atoms with van der Waals surface area (Å²) in [6, 6.07) is 20.4. The first-order chi connectivity index (χ1) is 24.4. The van der Waals surface area contributed by atoms with Gasteiger partial charge in [-0.1, -0.05) is 60.0 Å². The van der Waals surface area contributed by atoms with Gasteiger partial charge in [-0.3, -0.25) is 9.88 Å². The van der Waals surface area contributed by atoms with Crippen LogP contribution >= 0.6 is 23.2 Å². The topological polar surface area (TPSA) is 70.9 Å². The quantitative estimate of drug-likeness (QED) is 0.154. The van der Waals surface area contributed by atoms with Crippen LogP contribution in [0.4, 0.5) is 0 Å². The largest absolute Gasteiger partial charge is 0.492 e. The normalized spacial score (nSPS) is 19.5. The first kappa shape index (κ1) is 34.6. The minimum Gasteiger partial charge on any atom is -0.492 e. The van der Waals surface area contributed by atoms with Crippen molar-refractivity contribution in [3.8, 4) is 34.4 Å². The molecule has 9 heteroatoms. The van der Waals surface area contributed by atoms with Gasteiger partial charge in [-0.25, -0.2) is 0 Å². The lowest BCUT2D eigenvalue weighted by atomic mass is 9.96. The lowest BCUT2D eigenvalue weighted by Gasteiger charge is -2.29. The lowest BCUT2D eigenvalue weighted by molar-refractivity contribution is 0.150. The maximum absolute atomic E-state index is 9.35. The van der Waals surface area contributed by atoms with E-state index >= 15 is 0 Å². The zero-order valence-corrected chi connectivity index (χ0v) is 30.2. The summed E-state index contributed by atoms with van der Waals surface area (Å²) in [5, 5.41) is 10.6. The fraction of sp³-hybridized carbons (Fsp3) is 0.415. The summed E-state index contributed by atoms with van der Waals surface area (Å²) in [4.78, 5) is 9.03.